The molecule has 0 radical (unpaired) electrons. The molecule has 1 aromatic carbocycles. The van der Waals surface area contributed by atoms with E-state index in [0.29, 0.717) is 6.04 Å². The monoisotopic (exact) mass is 215 g/mol. The molecule has 3 heteroatoms. The molecule has 0 spiro atoms. The van der Waals surface area contributed by atoms with E-state index in [1.807, 2.05) is 18.2 Å². The Kier molecular flexibility index (Phi) is 3.55. The molecule has 1 unspecified atom stereocenters. The Morgan fingerprint density at radius 3 is 3.19 bits per heavy atom. The van der Waals surface area contributed by atoms with Crippen molar-refractivity contribution >= 4 is 0 Å². The van der Waals surface area contributed by atoms with E-state index in [0.717, 1.165) is 31.7 Å². The van der Waals surface area contributed by atoms with E-state index in [1.165, 1.54) is 5.56 Å². The van der Waals surface area contributed by atoms with Gasteiger partial charge in [0.2, 0.25) is 0 Å². The fraction of sp³-hybridized carbons (Fsp3) is 0.462. The SMILES string of the molecule is CC1CN(Cc2cccc(C#N)c2)CCN1. The molecule has 1 aliphatic heterocycles. The summed E-state index contributed by atoms with van der Waals surface area (Å²) in [5.41, 5.74) is 1.98. The molecule has 1 atom stereocenters. The van der Waals surface area contributed by atoms with Gasteiger partial charge in [-0.3, -0.25) is 4.90 Å². The van der Waals surface area contributed by atoms with Gasteiger partial charge in [-0.15, -0.1) is 0 Å². The lowest BCUT2D eigenvalue weighted by Crippen LogP contribution is -2.48. The normalized spacial score (nSPS) is 21.6. The number of nitrogens with one attached hydrogen (secondary N) is 1. The highest BCUT2D eigenvalue weighted by molar-refractivity contribution is 5.32. The van der Waals surface area contributed by atoms with Crippen molar-refractivity contribution in [1.29, 1.82) is 5.26 Å². The summed E-state index contributed by atoms with van der Waals surface area (Å²) in [6, 6.07) is 10.6. The predicted octanol–water partition coefficient (Wildman–Crippen LogP) is 1.35. The van der Waals surface area contributed by atoms with E-state index in [2.05, 4.69) is 29.3 Å². The third kappa shape index (κ3) is 2.82. The number of nitriles is 1. The summed E-state index contributed by atoms with van der Waals surface area (Å²) in [5, 5.41) is 12.3. The second-order valence-corrected chi connectivity index (χ2v) is 4.40. The molecule has 16 heavy (non-hydrogen) atoms. The lowest BCUT2D eigenvalue weighted by Gasteiger charge is -2.31. The van der Waals surface area contributed by atoms with Gasteiger partial charge in [0.25, 0.3) is 0 Å². The molecule has 1 aromatic rings. The summed E-state index contributed by atoms with van der Waals surface area (Å²) in [7, 11) is 0. The summed E-state index contributed by atoms with van der Waals surface area (Å²) in [5.74, 6) is 0. The lowest BCUT2D eigenvalue weighted by atomic mass is 10.1. The van der Waals surface area contributed by atoms with Gasteiger partial charge in [0, 0.05) is 32.2 Å². The zero-order valence-electron chi connectivity index (χ0n) is 9.61. The van der Waals surface area contributed by atoms with Gasteiger partial charge in [0.1, 0.15) is 0 Å². The molecule has 1 fully saturated rings. The van der Waals surface area contributed by atoms with E-state index in [4.69, 9.17) is 5.26 Å². The van der Waals surface area contributed by atoms with Crippen LogP contribution in [0.5, 0.6) is 0 Å². The van der Waals surface area contributed by atoms with E-state index in [9.17, 15) is 0 Å². The van der Waals surface area contributed by atoms with Gasteiger partial charge in [-0.2, -0.15) is 5.26 Å². The third-order valence-corrected chi connectivity index (χ3v) is 2.92. The molecule has 1 N–H and O–H groups in total. The zero-order chi connectivity index (χ0) is 11.4. The highest BCUT2D eigenvalue weighted by Crippen LogP contribution is 2.09. The molecular formula is C13H17N3. The first-order chi connectivity index (χ1) is 7.78. The van der Waals surface area contributed by atoms with Gasteiger partial charge in [0.15, 0.2) is 0 Å². The highest BCUT2D eigenvalue weighted by atomic mass is 15.2. The topological polar surface area (TPSA) is 39.1 Å². The van der Waals surface area contributed by atoms with Crippen molar-refractivity contribution in [2.24, 2.45) is 0 Å². The number of rotatable bonds is 2. The first-order valence-corrected chi connectivity index (χ1v) is 5.73. The van der Waals surface area contributed by atoms with Crippen molar-refractivity contribution in [3.05, 3.63) is 35.4 Å². The number of benzene rings is 1. The molecule has 1 aliphatic rings. The van der Waals surface area contributed by atoms with E-state index < -0.39 is 0 Å². The van der Waals surface area contributed by atoms with Gasteiger partial charge in [0.05, 0.1) is 11.6 Å². The number of nitrogens with zero attached hydrogens (tertiary/aromatic N) is 2. The Morgan fingerprint density at radius 1 is 1.56 bits per heavy atom. The Balaban J connectivity index is 2.00. The van der Waals surface area contributed by atoms with Crippen LogP contribution < -0.4 is 5.32 Å². The zero-order valence-corrected chi connectivity index (χ0v) is 9.61. The average Bonchev–Trinajstić information content (AvgIpc) is 2.29. The van der Waals surface area contributed by atoms with Gasteiger partial charge in [-0.1, -0.05) is 12.1 Å². The largest absolute Gasteiger partial charge is 0.312 e. The maximum Gasteiger partial charge on any atom is 0.0991 e. The molecule has 0 aliphatic carbocycles. The smallest absolute Gasteiger partial charge is 0.0991 e. The Morgan fingerprint density at radius 2 is 2.44 bits per heavy atom. The summed E-state index contributed by atoms with van der Waals surface area (Å²) < 4.78 is 0. The molecule has 2 rings (SSSR count). The van der Waals surface area contributed by atoms with Gasteiger partial charge in [-0.05, 0) is 24.6 Å². The fourth-order valence-electron chi connectivity index (χ4n) is 2.15. The van der Waals surface area contributed by atoms with E-state index in [1.54, 1.807) is 0 Å². The first kappa shape index (κ1) is 11.1. The number of hydrogen-bond donors (Lipinski definition) is 1. The van der Waals surface area contributed by atoms with Crippen LogP contribution in [-0.4, -0.2) is 30.6 Å². The first-order valence-electron chi connectivity index (χ1n) is 5.73. The fourth-order valence-corrected chi connectivity index (χ4v) is 2.15. The second kappa shape index (κ2) is 5.11. The number of piperazine rings is 1. The van der Waals surface area contributed by atoms with Crippen LogP contribution in [0.2, 0.25) is 0 Å². The van der Waals surface area contributed by atoms with Crippen LogP contribution in [0.4, 0.5) is 0 Å². The molecule has 0 amide bonds. The Hall–Kier alpha value is -1.37. The Labute approximate surface area is 96.7 Å². The maximum absolute atomic E-state index is 8.84. The van der Waals surface area contributed by atoms with Crippen LogP contribution in [-0.2, 0) is 6.54 Å². The van der Waals surface area contributed by atoms with Crippen LogP contribution in [0.3, 0.4) is 0 Å². The van der Waals surface area contributed by atoms with E-state index >= 15 is 0 Å². The highest BCUT2D eigenvalue weighted by Gasteiger charge is 2.15. The van der Waals surface area contributed by atoms with E-state index in [-0.39, 0.29) is 0 Å². The average molecular weight is 215 g/mol. The maximum atomic E-state index is 8.84. The molecule has 0 bridgehead atoms. The molecule has 84 valence electrons. The van der Waals surface area contributed by atoms with Crippen molar-refractivity contribution in [3.63, 3.8) is 0 Å². The summed E-state index contributed by atoms with van der Waals surface area (Å²) in [4.78, 5) is 2.43. The quantitative estimate of drug-likeness (QED) is 0.809. The van der Waals surface area contributed by atoms with Crippen molar-refractivity contribution in [3.8, 4) is 6.07 Å². The van der Waals surface area contributed by atoms with Crippen LogP contribution in [0.15, 0.2) is 24.3 Å². The van der Waals surface area contributed by atoms with Gasteiger partial charge < -0.3 is 5.32 Å². The predicted molar refractivity (Wildman–Crippen MR) is 63.9 cm³/mol. The van der Waals surface area contributed by atoms with Gasteiger partial charge in [-0.25, -0.2) is 0 Å². The minimum Gasteiger partial charge on any atom is -0.312 e. The molecule has 1 saturated heterocycles. The third-order valence-electron chi connectivity index (χ3n) is 2.92. The molecule has 3 nitrogen and oxygen atoms in total. The van der Waals surface area contributed by atoms with Crippen LogP contribution in [0.1, 0.15) is 18.1 Å². The molecule has 1 heterocycles. The van der Waals surface area contributed by atoms with Gasteiger partial charge >= 0.3 is 0 Å². The summed E-state index contributed by atoms with van der Waals surface area (Å²) in [6.45, 7) is 6.37. The molecular weight excluding hydrogens is 198 g/mol. The van der Waals surface area contributed by atoms with Crippen molar-refractivity contribution in [2.45, 2.75) is 19.5 Å². The standard InChI is InChI=1S/C13H17N3/c1-11-9-16(6-5-15-11)10-13-4-2-3-12(7-13)8-14/h2-4,7,11,15H,5-6,9-10H2,1H3. The van der Waals surface area contributed by atoms with Crippen LogP contribution in [0, 0.1) is 11.3 Å². The van der Waals surface area contributed by atoms with Crippen molar-refractivity contribution in [1.82, 2.24) is 10.2 Å². The molecule has 0 saturated carbocycles. The summed E-state index contributed by atoms with van der Waals surface area (Å²) in [6.07, 6.45) is 0. The second-order valence-electron chi connectivity index (χ2n) is 4.40. The Bertz CT molecular complexity index is 394. The summed E-state index contributed by atoms with van der Waals surface area (Å²) >= 11 is 0. The van der Waals surface area contributed by atoms with Crippen molar-refractivity contribution < 1.29 is 0 Å². The van der Waals surface area contributed by atoms with Crippen LogP contribution >= 0.6 is 0 Å². The minimum absolute atomic E-state index is 0.563. The number of hydrogen-bond acceptors (Lipinski definition) is 3. The lowest BCUT2D eigenvalue weighted by molar-refractivity contribution is 0.199. The molecule has 0 aromatic heterocycles. The minimum atomic E-state index is 0.563. The van der Waals surface area contributed by atoms with Crippen LogP contribution in [0.25, 0.3) is 0 Å². The van der Waals surface area contributed by atoms with Crippen molar-refractivity contribution in [2.75, 3.05) is 19.6 Å².